The third-order valence-electron chi connectivity index (χ3n) is 5.06. The topological polar surface area (TPSA) is 44.8 Å². The third-order valence-corrected chi connectivity index (χ3v) is 5.06. The molecule has 5 nitrogen and oxygen atoms in total. The molecule has 0 aliphatic carbocycles. The number of anilines is 2. The molecule has 0 spiro atoms. The molecule has 1 fully saturated rings. The van der Waals surface area contributed by atoms with Crippen LogP contribution in [-0.2, 0) is 4.79 Å². The van der Waals surface area contributed by atoms with Crippen molar-refractivity contribution < 1.29 is 9.53 Å². The highest BCUT2D eigenvalue weighted by molar-refractivity contribution is 5.95. The first-order chi connectivity index (χ1) is 12.6. The molecule has 1 heterocycles. The third kappa shape index (κ3) is 3.99. The minimum absolute atomic E-state index is 0.00107. The van der Waals surface area contributed by atoms with Gasteiger partial charge in [0, 0.05) is 31.9 Å². The standard InChI is InChI=1S/C21H27N3O2/c1-16-8-4-6-10-19(16)24-14-12-23(13-15-24)17(2)21(25)22-18-9-5-7-11-20(18)26-3/h4-11,17H,12-15H2,1-3H3,(H,22,25)/t17-/m1/s1. The molecule has 5 heteroatoms. The number of nitrogens with one attached hydrogen (secondary N) is 1. The molecule has 3 rings (SSSR count). The van der Waals surface area contributed by atoms with Gasteiger partial charge in [-0.15, -0.1) is 0 Å². The second-order valence-electron chi connectivity index (χ2n) is 6.68. The number of nitrogens with zero attached hydrogens (tertiary/aromatic N) is 2. The lowest BCUT2D eigenvalue weighted by atomic mass is 10.1. The summed E-state index contributed by atoms with van der Waals surface area (Å²) in [4.78, 5) is 17.3. The molecule has 1 atom stereocenters. The smallest absolute Gasteiger partial charge is 0.241 e. The lowest BCUT2D eigenvalue weighted by molar-refractivity contribution is -0.120. The Labute approximate surface area is 155 Å². The number of rotatable bonds is 5. The number of para-hydroxylation sites is 3. The Balaban J connectivity index is 1.59. The van der Waals surface area contributed by atoms with E-state index in [0.717, 1.165) is 26.2 Å². The SMILES string of the molecule is COc1ccccc1NC(=O)[C@@H](C)N1CCN(c2ccccc2C)CC1. The zero-order valence-corrected chi connectivity index (χ0v) is 15.7. The first-order valence-electron chi connectivity index (χ1n) is 9.08. The van der Waals surface area contributed by atoms with Gasteiger partial charge in [-0.1, -0.05) is 30.3 Å². The number of amides is 1. The van der Waals surface area contributed by atoms with E-state index in [2.05, 4.69) is 46.3 Å². The fraction of sp³-hybridized carbons (Fsp3) is 0.381. The Kier molecular flexibility index (Phi) is 5.78. The number of benzene rings is 2. The molecule has 1 aliphatic rings. The lowest BCUT2D eigenvalue weighted by Gasteiger charge is -2.39. The molecule has 0 bridgehead atoms. The summed E-state index contributed by atoms with van der Waals surface area (Å²) in [5.74, 6) is 0.677. The van der Waals surface area contributed by atoms with Crippen molar-refractivity contribution in [2.24, 2.45) is 0 Å². The van der Waals surface area contributed by atoms with Gasteiger partial charge < -0.3 is 15.0 Å². The van der Waals surface area contributed by atoms with Crippen molar-refractivity contribution in [3.8, 4) is 5.75 Å². The summed E-state index contributed by atoms with van der Waals surface area (Å²) < 4.78 is 5.31. The summed E-state index contributed by atoms with van der Waals surface area (Å²) in [5, 5.41) is 2.99. The van der Waals surface area contributed by atoms with E-state index in [0.29, 0.717) is 11.4 Å². The molecule has 0 aromatic heterocycles. The van der Waals surface area contributed by atoms with Crippen LogP contribution < -0.4 is 15.0 Å². The van der Waals surface area contributed by atoms with Crippen LogP contribution in [0.2, 0.25) is 0 Å². The normalized spacial score (nSPS) is 16.2. The van der Waals surface area contributed by atoms with Gasteiger partial charge in [-0.3, -0.25) is 9.69 Å². The van der Waals surface area contributed by atoms with Gasteiger partial charge in [0.1, 0.15) is 5.75 Å². The summed E-state index contributed by atoms with van der Waals surface area (Å²) in [7, 11) is 1.61. The Morgan fingerprint density at radius 3 is 2.38 bits per heavy atom. The van der Waals surface area contributed by atoms with E-state index in [1.54, 1.807) is 7.11 Å². The van der Waals surface area contributed by atoms with Crippen LogP contribution >= 0.6 is 0 Å². The molecular formula is C21H27N3O2. The maximum Gasteiger partial charge on any atom is 0.241 e. The van der Waals surface area contributed by atoms with Crippen LogP contribution in [0, 0.1) is 6.92 Å². The van der Waals surface area contributed by atoms with Crippen LogP contribution in [0.5, 0.6) is 5.75 Å². The van der Waals surface area contributed by atoms with Crippen molar-refractivity contribution in [1.29, 1.82) is 0 Å². The number of hydrogen-bond donors (Lipinski definition) is 1. The molecular weight excluding hydrogens is 326 g/mol. The highest BCUT2D eigenvalue weighted by Gasteiger charge is 2.26. The predicted molar refractivity (Wildman–Crippen MR) is 106 cm³/mol. The first kappa shape index (κ1) is 18.3. The Hall–Kier alpha value is -2.53. The molecule has 2 aromatic carbocycles. The number of piperazine rings is 1. The van der Waals surface area contributed by atoms with Gasteiger partial charge in [-0.2, -0.15) is 0 Å². The van der Waals surface area contributed by atoms with Crippen LogP contribution in [0.3, 0.4) is 0 Å². The Morgan fingerprint density at radius 2 is 1.69 bits per heavy atom. The molecule has 1 saturated heterocycles. The summed E-state index contributed by atoms with van der Waals surface area (Å²) in [6, 6.07) is 15.8. The molecule has 26 heavy (non-hydrogen) atoms. The Morgan fingerprint density at radius 1 is 1.04 bits per heavy atom. The summed E-state index contributed by atoms with van der Waals surface area (Å²) >= 11 is 0. The highest BCUT2D eigenvalue weighted by Crippen LogP contribution is 2.24. The molecule has 138 valence electrons. The largest absolute Gasteiger partial charge is 0.495 e. The molecule has 0 radical (unpaired) electrons. The average molecular weight is 353 g/mol. The molecule has 2 aromatic rings. The van der Waals surface area contributed by atoms with Gasteiger partial charge in [-0.25, -0.2) is 0 Å². The van der Waals surface area contributed by atoms with Crippen LogP contribution in [0.15, 0.2) is 48.5 Å². The van der Waals surface area contributed by atoms with Gasteiger partial charge in [-0.05, 0) is 37.6 Å². The number of carbonyl (C=O) groups excluding carboxylic acids is 1. The highest BCUT2D eigenvalue weighted by atomic mass is 16.5. The predicted octanol–water partition coefficient (Wildman–Crippen LogP) is 3.15. The fourth-order valence-electron chi connectivity index (χ4n) is 3.42. The van der Waals surface area contributed by atoms with Crippen molar-refractivity contribution in [2.45, 2.75) is 19.9 Å². The monoisotopic (exact) mass is 353 g/mol. The van der Waals surface area contributed by atoms with E-state index in [4.69, 9.17) is 4.74 Å². The molecule has 0 saturated carbocycles. The van der Waals surface area contributed by atoms with E-state index in [-0.39, 0.29) is 11.9 Å². The van der Waals surface area contributed by atoms with Crippen molar-refractivity contribution in [1.82, 2.24) is 4.90 Å². The van der Waals surface area contributed by atoms with Crippen LogP contribution in [0.4, 0.5) is 11.4 Å². The number of aryl methyl sites for hydroxylation is 1. The second-order valence-corrected chi connectivity index (χ2v) is 6.68. The van der Waals surface area contributed by atoms with Crippen molar-refractivity contribution >= 4 is 17.3 Å². The number of ether oxygens (including phenoxy) is 1. The zero-order chi connectivity index (χ0) is 18.5. The van der Waals surface area contributed by atoms with E-state index in [1.807, 2.05) is 31.2 Å². The van der Waals surface area contributed by atoms with E-state index < -0.39 is 0 Å². The average Bonchev–Trinajstić information content (AvgIpc) is 2.68. The van der Waals surface area contributed by atoms with Gasteiger partial charge in [0.15, 0.2) is 0 Å². The minimum atomic E-state index is -0.182. The number of carbonyl (C=O) groups is 1. The number of methoxy groups -OCH3 is 1. The van der Waals surface area contributed by atoms with Crippen LogP contribution in [0.1, 0.15) is 12.5 Å². The minimum Gasteiger partial charge on any atom is -0.495 e. The molecule has 1 N–H and O–H groups in total. The summed E-state index contributed by atoms with van der Waals surface area (Å²) in [6.45, 7) is 7.71. The molecule has 0 unspecified atom stereocenters. The van der Waals surface area contributed by atoms with Gasteiger partial charge >= 0.3 is 0 Å². The fourth-order valence-corrected chi connectivity index (χ4v) is 3.42. The van der Waals surface area contributed by atoms with E-state index in [1.165, 1.54) is 11.3 Å². The quantitative estimate of drug-likeness (QED) is 0.897. The Bertz CT molecular complexity index is 754. The van der Waals surface area contributed by atoms with Crippen molar-refractivity contribution in [2.75, 3.05) is 43.5 Å². The number of hydrogen-bond acceptors (Lipinski definition) is 4. The van der Waals surface area contributed by atoms with E-state index >= 15 is 0 Å². The first-order valence-corrected chi connectivity index (χ1v) is 9.08. The van der Waals surface area contributed by atoms with Crippen molar-refractivity contribution in [3.05, 3.63) is 54.1 Å². The van der Waals surface area contributed by atoms with Crippen LogP contribution in [0.25, 0.3) is 0 Å². The van der Waals surface area contributed by atoms with Crippen LogP contribution in [-0.4, -0.2) is 50.1 Å². The van der Waals surface area contributed by atoms with Crippen molar-refractivity contribution in [3.63, 3.8) is 0 Å². The second kappa shape index (κ2) is 8.23. The molecule has 1 amide bonds. The zero-order valence-electron chi connectivity index (χ0n) is 15.7. The van der Waals surface area contributed by atoms with Gasteiger partial charge in [0.2, 0.25) is 5.91 Å². The maximum atomic E-state index is 12.7. The lowest BCUT2D eigenvalue weighted by Crippen LogP contribution is -2.53. The summed E-state index contributed by atoms with van der Waals surface area (Å²) in [5.41, 5.74) is 3.30. The van der Waals surface area contributed by atoms with E-state index in [9.17, 15) is 4.79 Å². The summed E-state index contributed by atoms with van der Waals surface area (Å²) in [6.07, 6.45) is 0. The van der Waals surface area contributed by atoms with Gasteiger partial charge in [0.05, 0.1) is 18.8 Å². The van der Waals surface area contributed by atoms with Gasteiger partial charge in [0.25, 0.3) is 0 Å². The maximum absolute atomic E-state index is 12.7. The molecule has 1 aliphatic heterocycles.